The van der Waals surface area contributed by atoms with Gasteiger partial charge in [-0.2, -0.15) is 0 Å². The Labute approximate surface area is 196 Å². The maximum Gasteiger partial charge on any atom is 0.264 e. The van der Waals surface area contributed by atoms with Crippen molar-refractivity contribution in [2.75, 3.05) is 16.2 Å². The van der Waals surface area contributed by atoms with Gasteiger partial charge in [-0.3, -0.25) is 9.10 Å². The van der Waals surface area contributed by atoms with Crippen LogP contribution in [0.2, 0.25) is 0 Å². The van der Waals surface area contributed by atoms with Crippen LogP contribution >= 0.6 is 0 Å². The number of sulfonamides is 1. The summed E-state index contributed by atoms with van der Waals surface area (Å²) >= 11 is 0. The molecule has 33 heavy (non-hydrogen) atoms. The molecule has 3 aromatic carbocycles. The van der Waals surface area contributed by atoms with Crippen LogP contribution < -0.4 is 9.62 Å². The van der Waals surface area contributed by atoms with E-state index >= 15 is 0 Å². The molecule has 0 unspecified atom stereocenters. The first kappa shape index (κ1) is 23.1. The largest absolute Gasteiger partial charge is 0.322 e. The van der Waals surface area contributed by atoms with Crippen molar-refractivity contribution in [1.29, 1.82) is 0 Å². The SMILES string of the molecule is Cc1ccc(S(=O)(=O)N2CCCc3ccc(NC(=O)c4ccc(C(C)(C)C)cc4)cc32)cc1. The van der Waals surface area contributed by atoms with Crippen LogP contribution in [0.15, 0.2) is 71.6 Å². The Morgan fingerprint density at radius 3 is 2.24 bits per heavy atom. The van der Waals surface area contributed by atoms with E-state index < -0.39 is 10.0 Å². The van der Waals surface area contributed by atoms with Gasteiger partial charge in [0, 0.05) is 17.8 Å². The summed E-state index contributed by atoms with van der Waals surface area (Å²) in [6, 6.07) is 20.0. The van der Waals surface area contributed by atoms with Crippen LogP contribution in [0.5, 0.6) is 0 Å². The summed E-state index contributed by atoms with van der Waals surface area (Å²) in [5.74, 6) is -0.223. The van der Waals surface area contributed by atoms with Gasteiger partial charge in [0.1, 0.15) is 0 Å². The highest BCUT2D eigenvalue weighted by atomic mass is 32.2. The number of carbonyl (C=O) groups excluding carboxylic acids is 1. The smallest absolute Gasteiger partial charge is 0.264 e. The third-order valence-electron chi connectivity index (χ3n) is 6.04. The number of benzene rings is 3. The lowest BCUT2D eigenvalue weighted by Crippen LogP contribution is -2.35. The quantitative estimate of drug-likeness (QED) is 0.542. The predicted molar refractivity (Wildman–Crippen MR) is 134 cm³/mol. The van der Waals surface area contributed by atoms with E-state index in [1.54, 1.807) is 30.3 Å². The van der Waals surface area contributed by atoms with Crippen LogP contribution in [0.1, 0.15) is 54.2 Å². The summed E-state index contributed by atoms with van der Waals surface area (Å²) in [4.78, 5) is 13.1. The molecule has 0 bridgehead atoms. The summed E-state index contributed by atoms with van der Waals surface area (Å²) in [5.41, 5.74) is 4.90. The average Bonchev–Trinajstić information content (AvgIpc) is 2.78. The molecule has 0 aromatic heterocycles. The molecule has 0 saturated carbocycles. The standard InChI is InChI=1S/C27H30N2O3S/c1-19-7-15-24(16-8-19)33(31,32)29-17-5-6-20-11-14-23(18-25(20)29)28-26(30)21-9-12-22(13-10-21)27(2,3)4/h7-16,18H,5-6,17H2,1-4H3,(H,28,30). The first-order valence-electron chi connectivity index (χ1n) is 11.2. The monoisotopic (exact) mass is 462 g/mol. The molecule has 0 saturated heterocycles. The van der Waals surface area contributed by atoms with Crippen molar-refractivity contribution >= 4 is 27.3 Å². The molecule has 0 atom stereocenters. The van der Waals surface area contributed by atoms with Crippen LogP contribution in [0, 0.1) is 6.92 Å². The summed E-state index contributed by atoms with van der Waals surface area (Å²) in [6.07, 6.45) is 1.56. The van der Waals surface area contributed by atoms with E-state index in [0.717, 1.165) is 29.5 Å². The van der Waals surface area contributed by atoms with Gasteiger partial charge in [-0.1, -0.05) is 56.7 Å². The molecule has 0 radical (unpaired) electrons. The Balaban J connectivity index is 1.60. The van der Waals surface area contributed by atoms with E-state index in [2.05, 4.69) is 26.1 Å². The minimum Gasteiger partial charge on any atom is -0.322 e. The van der Waals surface area contributed by atoms with Gasteiger partial charge in [0.05, 0.1) is 10.6 Å². The van der Waals surface area contributed by atoms with Crippen molar-refractivity contribution in [1.82, 2.24) is 0 Å². The summed E-state index contributed by atoms with van der Waals surface area (Å²) in [7, 11) is -3.69. The van der Waals surface area contributed by atoms with Crippen molar-refractivity contribution in [2.24, 2.45) is 0 Å². The zero-order valence-electron chi connectivity index (χ0n) is 19.6. The minimum atomic E-state index is -3.69. The summed E-state index contributed by atoms with van der Waals surface area (Å²) < 4.78 is 28.2. The maximum atomic E-state index is 13.4. The van der Waals surface area contributed by atoms with Crippen LogP contribution in [-0.4, -0.2) is 20.9 Å². The fraction of sp³-hybridized carbons (Fsp3) is 0.296. The number of carbonyl (C=O) groups is 1. The van der Waals surface area contributed by atoms with E-state index in [4.69, 9.17) is 0 Å². The third kappa shape index (κ3) is 4.81. The zero-order valence-corrected chi connectivity index (χ0v) is 20.4. The molecule has 0 fully saturated rings. The minimum absolute atomic E-state index is 0.0138. The summed E-state index contributed by atoms with van der Waals surface area (Å²) in [5, 5.41) is 2.93. The zero-order chi connectivity index (χ0) is 23.8. The van der Waals surface area contributed by atoms with Gasteiger partial charge in [-0.15, -0.1) is 0 Å². The number of hydrogen-bond donors (Lipinski definition) is 1. The van der Waals surface area contributed by atoms with Gasteiger partial charge in [0.2, 0.25) is 0 Å². The number of rotatable bonds is 4. The lowest BCUT2D eigenvalue weighted by molar-refractivity contribution is 0.102. The Bertz CT molecular complexity index is 1270. The van der Waals surface area contributed by atoms with Crippen molar-refractivity contribution < 1.29 is 13.2 Å². The molecule has 5 nitrogen and oxygen atoms in total. The molecule has 1 aliphatic heterocycles. The van der Waals surface area contributed by atoms with Crippen LogP contribution in [0.3, 0.4) is 0 Å². The maximum absolute atomic E-state index is 13.4. The van der Waals surface area contributed by atoms with Crippen molar-refractivity contribution in [2.45, 2.75) is 50.8 Å². The van der Waals surface area contributed by atoms with E-state index in [1.165, 1.54) is 4.31 Å². The normalized spacial score (nSPS) is 14.0. The Kier molecular flexibility index (Phi) is 6.06. The van der Waals surface area contributed by atoms with Crippen molar-refractivity contribution in [3.63, 3.8) is 0 Å². The first-order chi connectivity index (χ1) is 15.6. The Hall–Kier alpha value is -3.12. The van der Waals surface area contributed by atoms with Crippen LogP contribution in [0.25, 0.3) is 0 Å². The lowest BCUT2D eigenvalue weighted by Gasteiger charge is -2.31. The third-order valence-corrected chi connectivity index (χ3v) is 7.87. The molecule has 3 aromatic rings. The van der Waals surface area contributed by atoms with E-state index in [1.807, 2.05) is 43.3 Å². The first-order valence-corrected chi connectivity index (χ1v) is 12.6. The number of amides is 1. The van der Waals surface area contributed by atoms with Gasteiger partial charge in [0.25, 0.3) is 15.9 Å². The molecule has 1 amide bonds. The second-order valence-electron chi connectivity index (χ2n) is 9.62. The van der Waals surface area contributed by atoms with Crippen molar-refractivity contribution in [3.8, 4) is 0 Å². The fourth-order valence-corrected chi connectivity index (χ4v) is 5.56. The average molecular weight is 463 g/mol. The highest BCUT2D eigenvalue weighted by molar-refractivity contribution is 7.92. The van der Waals surface area contributed by atoms with Crippen molar-refractivity contribution in [3.05, 3.63) is 89.0 Å². The van der Waals surface area contributed by atoms with Gasteiger partial charge >= 0.3 is 0 Å². The fourth-order valence-electron chi connectivity index (χ4n) is 4.03. The molecule has 4 rings (SSSR count). The number of nitrogens with zero attached hydrogens (tertiary/aromatic N) is 1. The van der Waals surface area contributed by atoms with Crippen LogP contribution in [-0.2, 0) is 21.9 Å². The second-order valence-corrected chi connectivity index (χ2v) is 11.5. The predicted octanol–water partition coefficient (Wildman–Crippen LogP) is 5.69. The summed E-state index contributed by atoms with van der Waals surface area (Å²) in [6.45, 7) is 8.73. The lowest BCUT2D eigenvalue weighted by atomic mass is 9.87. The van der Waals surface area contributed by atoms with Gasteiger partial charge in [-0.25, -0.2) is 8.42 Å². The number of fused-ring (bicyclic) bond motifs is 1. The molecular weight excluding hydrogens is 432 g/mol. The molecule has 1 heterocycles. The van der Waals surface area contributed by atoms with E-state index in [9.17, 15) is 13.2 Å². The highest BCUT2D eigenvalue weighted by Crippen LogP contribution is 2.34. The molecule has 1 aliphatic rings. The number of anilines is 2. The van der Waals surface area contributed by atoms with Gasteiger partial charge in [-0.05, 0) is 72.7 Å². The molecule has 0 spiro atoms. The Morgan fingerprint density at radius 1 is 0.939 bits per heavy atom. The molecule has 0 aliphatic carbocycles. The molecular formula is C27H30N2O3S. The van der Waals surface area contributed by atoms with E-state index in [0.29, 0.717) is 23.5 Å². The topological polar surface area (TPSA) is 66.5 Å². The molecule has 172 valence electrons. The number of hydrogen-bond acceptors (Lipinski definition) is 3. The number of aryl methyl sites for hydroxylation is 2. The van der Waals surface area contributed by atoms with E-state index in [-0.39, 0.29) is 16.2 Å². The molecule has 6 heteroatoms. The van der Waals surface area contributed by atoms with Gasteiger partial charge < -0.3 is 5.32 Å². The highest BCUT2D eigenvalue weighted by Gasteiger charge is 2.29. The Morgan fingerprint density at radius 2 is 1.61 bits per heavy atom. The second kappa shape index (κ2) is 8.67. The number of nitrogens with one attached hydrogen (secondary N) is 1. The molecule has 1 N–H and O–H groups in total. The van der Waals surface area contributed by atoms with Gasteiger partial charge in [0.15, 0.2) is 0 Å². The van der Waals surface area contributed by atoms with Crippen LogP contribution in [0.4, 0.5) is 11.4 Å².